The Kier molecular flexibility index (Phi) is 4.39. The van der Waals surface area contributed by atoms with E-state index in [2.05, 4.69) is 4.72 Å². The summed E-state index contributed by atoms with van der Waals surface area (Å²) in [7, 11) is -4.12. The number of aryl methyl sites for hydroxylation is 1. The van der Waals surface area contributed by atoms with Crippen molar-refractivity contribution in [2.24, 2.45) is 0 Å². The fraction of sp³-hybridized carbons (Fsp3) is 0.143. The molecule has 0 radical (unpaired) electrons. The molecule has 0 amide bonds. The van der Waals surface area contributed by atoms with E-state index in [1.54, 1.807) is 13.0 Å². The van der Waals surface area contributed by atoms with E-state index in [1.807, 2.05) is 0 Å². The second kappa shape index (κ2) is 5.81. The summed E-state index contributed by atoms with van der Waals surface area (Å²) < 4.78 is 64.7. The van der Waals surface area contributed by atoms with E-state index in [-0.39, 0.29) is 5.69 Å². The Morgan fingerprint density at radius 3 is 2.36 bits per heavy atom. The molecule has 3 nitrogen and oxygen atoms in total. The first kappa shape index (κ1) is 16.6. The molecule has 0 unspecified atom stereocenters. The molecule has 1 N–H and O–H groups in total. The van der Waals surface area contributed by atoms with Crippen LogP contribution >= 0.6 is 11.6 Å². The van der Waals surface area contributed by atoms with Gasteiger partial charge in [-0.15, -0.1) is 0 Å². The van der Waals surface area contributed by atoms with Gasteiger partial charge in [0.05, 0.1) is 16.1 Å². The van der Waals surface area contributed by atoms with E-state index in [1.165, 1.54) is 12.1 Å². The average molecular weight is 350 g/mol. The van der Waals surface area contributed by atoms with Crippen molar-refractivity contribution < 1.29 is 21.6 Å². The molecule has 0 aliphatic rings. The number of sulfonamides is 1. The molecule has 0 heterocycles. The molecular formula is C14H11ClF3NO2S. The predicted octanol–water partition coefficient (Wildman–Crippen LogP) is 4.47. The van der Waals surface area contributed by atoms with E-state index >= 15 is 0 Å². The zero-order valence-electron chi connectivity index (χ0n) is 11.3. The van der Waals surface area contributed by atoms with E-state index in [0.717, 1.165) is 18.2 Å². The smallest absolute Gasteiger partial charge is 0.279 e. The Hall–Kier alpha value is -1.73. The molecule has 2 aromatic carbocycles. The number of hydrogen-bond acceptors (Lipinski definition) is 2. The van der Waals surface area contributed by atoms with Crippen LogP contribution in [0, 0.1) is 6.92 Å². The lowest BCUT2D eigenvalue weighted by Crippen LogP contribution is -2.15. The minimum atomic E-state index is -4.61. The quantitative estimate of drug-likeness (QED) is 0.888. The molecule has 0 fully saturated rings. The van der Waals surface area contributed by atoms with Crippen LogP contribution in [0.4, 0.5) is 18.9 Å². The summed E-state index contributed by atoms with van der Waals surface area (Å²) in [5.74, 6) is 0. The van der Waals surface area contributed by atoms with Crippen molar-refractivity contribution in [3.8, 4) is 0 Å². The Balaban J connectivity index is 2.39. The van der Waals surface area contributed by atoms with Crippen LogP contribution < -0.4 is 4.72 Å². The number of rotatable bonds is 3. The number of anilines is 1. The zero-order chi connectivity index (χ0) is 16.5. The largest absolute Gasteiger partial charge is 0.416 e. The second-order valence-electron chi connectivity index (χ2n) is 4.59. The van der Waals surface area contributed by atoms with Gasteiger partial charge in [0, 0.05) is 5.02 Å². The zero-order valence-corrected chi connectivity index (χ0v) is 12.9. The van der Waals surface area contributed by atoms with Gasteiger partial charge in [-0.2, -0.15) is 13.2 Å². The van der Waals surface area contributed by atoms with Gasteiger partial charge in [-0.3, -0.25) is 4.72 Å². The Labute approximate surface area is 130 Å². The van der Waals surface area contributed by atoms with Gasteiger partial charge >= 0.3 is 6.18 Å². The van der Waals surface area contributed by atoms with Crippen LogP contribution in [0.3, 0.4) is 0 Å². The SMILES string of the molecule is Cc1cc(Cl)ccc1NS(=O)(=O)c1cccc(C(F)(F)F)c1. The summed E-state index contributed by atoms with van der Waals surface area (Å²) >= 11 is 5.77. The third-order valence-corrected chi connectivity index (χ3v) is 4.50. The average Bonchev–Trinajstić information content (AvgIpc) is 2.41. The summed E-state index contributed by atoms with van der Waals surface area (Å²) in [6, 6.07) is 8.03. The molecule has 2 rings (SSSR count). The summed E-state index contributed by atoms with van der Waals surface area (Å²) in [5.41, 5.74) is -0.215. The maximum Gasteiger partial charge on any atom is 0.416 e. The van der Waals surface area contributed by atoms with Gasteiger partial charge in [0.1, 0.15) is 0 Å². The number of nitrogens with one attached hydrogen (secondary N) is 1. The lowest BCUT2D eigenvalue weighted by Gasteiger charge is -2.12. The van der Waals surface area contributed by atoms with E-state index < -0.39 is 26.7 Å². The summed E-state index contributed by atoms with van der Waals surface area (Å²) in [6.45, 7) is 1.63. The Morgan fingerprint density at radius 1 is 1.09 bits per heavy atom. The fourth-order valence-electron chi connectivity index (χ4n) is 1.78. The number of benzene rings is 2. The Morgan fingerprint density at radius 2 is 1.77 bits per heavy atom. The minimum Gasteiger partial charge on any atom is -0.279 e. The normalized spacial score (nSPS) is 12.2. The van der Waals surface area contributed by atoms with Crippen LogP contribution in [0.25, 0.3) is 0 Å². The molecule has 0 saturated heterocycles. The summed E-state index contributed by atoms with van der Waals surface area (Å²) in [4.78, 5) is -0.461. The van der Waals surface area contributed by atoms with Gasteiger partial charge in [0.2, 0.25) is 0 Å². The van der Waals surface area contributed by atoms with Crippen molar-refractivity contribution in [1.29, 1.82) is 0 Å². The van der Waals surface area contributed by atoms with Crippen molar-refractivity contribution >= 4 is 27.3 Å². The molecular weight excluding hydrogens is 339 g/mol. The minimum absolute atomic E-state index is 0.252. The van der Waals surface area contributed by atoms with Gasteiger partial charge in [-0.25, -0.2) is 8.42 Å². The highest BCUT2D eigenvalue weighted by molar-refractivity contribution is 7.92. The molecule has 0 bridgehead atoms. The van der Waals surface area contributed by atoms with Crippen molar-refractivity contribution in [3.05, 3.63) is 58.6 Å². The molecule has 0 saturated carbocycles. The highest BCUT2D eigenvalue weighted by Crippen LogP contribution is 2.31. The first-order chi connectivity index (χ1) is 10.1. The van der Waals surface area contributed by atoms with Gasteiger partial charge in [0.25, 0.3) is 10.0 Å². The van der Waals surface area contributed by atoms with E-state index in [4.69, 9.17) is 11.6 Å². The Bertz CT molecular complexity index is 804. The van der Waals surface area contributed by atoms with Gasteiger partial charge in [0.15, 0.2) is 0 Å². The molecule has 0 spiro atoms. The number of halogens is 4. The van der Waals surface area contributed by atoms with Crippen molar-refractivity contribution in [2.45, 2.75) is 18.0 Å². The monoisotopic (exact) mass is 349 g/mol. The third kappa shape index (κ3) is 3.72. The molecule has 0 atom stereocenters. The fourth-order valence-corrected chi connectivity index (χ4v) is 3.19. The lowest BCUT2D eigenvalue weighted by molar-refractivity contribution is -0.137. The van der Waals surface area contributed by atoms with Crippen LogP contribution in [0.15, 0.2) is 47.4 Å². The van der Waals surface area contributed by atoms with Crippen LogP contribution in [0.2, 0.25) is 5.02 Å². The maximum absolute atomic E-state index is 12.7. The summed E-state index contributed by atoms with van der Waals surface area (Å²) in [5, 5.41) is 0.430. The first-order valence-electron chi connectivity index (χ1n) is 6.06. The van der Waals surface area contributed by atoms with Crippen molar-refractivity contribution in [2.75, 3.05) is 4.72 Å². The first-order valence-corrected chi connectivity index (χ1v) is 7.92. The van der Waals surface area contributed by atoms with Crippen LogP contribution in [-0.2, 0) is 16.2 Å². The second-order valence-corrected chi connectivity index (χ2v) is 6.71. The third-order valence-electron chi connectivity index (χ3n) is 2.90. The topological polar surface area (TPSA) is 46.2 Å². The van der Waals surface area contributed by atoms with Gasteiger partial charge in [-0.1, -0.05) is 17.7 Å². The highest BCUT2D eigenvalue weighted by Gasteiger charge is 2.31. The molecule has 0 aromatic heterocycles. The maximum atomic E-state index is 12.7. The molecule has 118 valence electrons. The molecule has 0 aliphatic carbocycles. The number of hydrogen-bond donors (Lipinski definition) is 1. The molecule has 22 heavy (non-hydrogen) atoms. The van der Waals surface area contributed by atoms with E-state index in [9.17, 15) is 21.6 Å². The van der Waals surface area contributed by atoms with Crippen molar-refractivity contribution in [1.82, 2.24) is 0 Å². The van der Waals surface area contributed by atoms with Gasteiger partial charge < -0.3 is 0 Å². The molecule has 2 aromatic rings. The van der Waals surface area contributed by atoms with E-state index in [0.29, 0.717) is 16.7 Å². The molecule has 8 heteroatoms. The summed E-state index contributed by atoms with van der Waals surface area (Å²) in [6.07, 6.45) is -4.61. The van der Waals surface area contributed by atoms with Gasteiger partial charge in [-0.05, 0) is 48.9 Å². The standard InChI is InChI=1S/C14H11ClF3NO2S/c1-9-7-11(15)5-6-13(9)19-22(20,21)12-4-2-3-10(8-12)14(16,17)18/h2-8,19H,1H3. The van der Waals surface area contributed by atoms with Crippen molar-refractivity contribution in [3.63, 3.8) is 0 Å². The van der Waals surface area contributed by atoms with Crippen LogP contribution in [0.5, 0.6) is 0 Å². The highest BCUT2D eigenvalue weighted by atomic mass is 35.5. The molecule has 0 aliphatic heterocycles. The number of alkyl halides is 3. The van der Waals surface area contributed by atoms with Crippen LogP contribution in [-0.4, -0.2) is 8.42 Å². The lowest BCUT2D eigenvalue weighted by atomic mass is 10.2. The predicted molar refractivity (Wildman–Crippen MR) is 78.4 cm³/mol. The van der Waals surface area contributed by atoms with Crippen LogP contribution in [0.1, 0.15) is 11.1 Å².